The summed E-state index contributed by atoms with van der Waals surface area (Å²) in [7, 11) is 0. The second-order valence-electron chi connectivity index (χ2n) is 8.45. The molecule has 0 bridgehead atoms. The lowest BCUT2D eigenvalue weighted by Crippen LogP contribution is -2.50. The standard InChI is InChI=1S/C24H25F2N7O/c1-2-18(33-13-16(12-30-33)22-19-5-6-27-23(19)29-15-28-22)14-31-7-9-32(10-8-31)24(34)20-11-17(25)3-4-21(20)26/h3-6,11-13,15,18H,2,7-10,14H2,1H3,(H,27,28,29). The summed E-state index contributed by atoms with van der Waals surface area (Å²) in [5, 5.41) is 5.55. The first-order valence-corrected chi connectivity index (χ1v) is 11.3. The average molecular weight is 466 g/mol. The fourth-order valence-electron chi connectivity index (χ4n) is 4.43. The third-order valence-electron chi connectivity index (χ3n) is 6.36. The molecule has 1 atom stereocenters. The lowest BCUT2D eigenvalue weighted by atomic mass is 10.1. The maximum Gasteiger partial charge on any atom is 0.257 e. The highest BCUT2D eigenvalue weighted by molar-refractivity contribution is 5.94. The van der Waals surface area contributed by atoms with E-state index in [0.29, 0.717) is 26.2 Å². The molecule has 34 heavy (non-hydrogen) atoms. The summed E-state index contributed by atoms with van der Waals surface area (Å²) in [6, 6.07) is 5.08. The Morgan fingerprint density at radius 1 is 1.15 bits per heavy atom. The van der Waals surface area contributed by atoms with Gasteiger partial charge in [0.1, 0.15) is 23.6 Å². The molecule has 8 nitrogen and oxygen atoms in total. The van der Waals surface area contributed by atoms with Crippen molar-refractivity contribution in [1.82, 2.24) is 34.5 Å². The zero-order chi connectivity index (χ0) is 23.7. The van der Waals surface area contributed by atoms with E-state index in [9.17, 15) is 13.6 Å². The van der Waals surface area contributed by atoms with Crippen molar-refractivity contribution in [3.8, 4) is 11.3 Å². The predicted molar refractivity (Wildman–Crippen MR) is 123 cm³/mol. The Hall–Kier alpha value is -3.66. The van der Waals surface area contributed by atoms with Crippen LogP contribution in [0.4, 0.5) is 8.78 Å². The number of benzene rings is 1. The number of hydrogen-bond donors (Lipinski definition) is 1. The molecule has 3 aromatic heterocycles. The lowest BCUT2D eigenvalue weighted by Gasteiger charge is -2.36. The van der Waals surface area contributed by atoms with Gasteiger partial charge in [-0.1, -0.05) is 6.92 Å². The maximum absolute atomic E-state index is 14.0. The zero-order valence-corrected chi connectivity index (χ0v) is 18.8. The third-order valence-corrected chi connectivity index (χ3v) is 6.36. The molecule has 1 aromatic carbocycles. The van der Waals surface area contributed by atoms with E-state index >= 15 is 0 Å². The minimum absolute atomic E-state index is 0.153. The van der Waals surface area contributed by atoms with Crippen molar-refractivity contribution in [2.45, 2.75) is 19.4 Å². The number of halogens is 2. The Bertz CT molecular complexity index is 1310. The Labute approximate surface area is 195 Å². The van der Waals surface area contributed by atoms with Crippen LogP contribution in [0.5, 0.6) is 0 Å². The topological polar surface area (TPSA) is 82.9 Å². The van der Waals surface area contributed by atoms with Crippen LogP contribution >= 0.6 is 0 Å². The average Bonchev–Trinajstić information content (AvgIpc) is 3.54. The van der Waals surface area contributed by atoms with E-state index in [1.807, 2.05) is 29.3 Å². The highest BCUT2D eigenvalue weighted by atomic mass is 19.1. The second-order valence-corrected chi connectivity index (χ2v) is 8.45. The van der Waals surface area contributed by atoms with Crippen molar-refractivity contribution in [2.24, 2.45) is 0 Å². The normalized spacial score (nSPS) is 15.7. The summed E-state index contributed by atoms with van der Waals surface area (Å²) in [4.78, 5) is 28.3. The largest absolute Gasteiger partial charge is 0.346 e. The molecular weight excluding hydrogens is 440 g/mol. The number of amides is 1. The molecule has 1 fully saturated rings. The highest BCUT2D eigenvalue weighted by Crippen LogP contribution is 2.26. The van der Waals surface area contributed by atoms with Gasteiger partial charge in [-0.3, -0.25) is 14.4 Å². The van der Waals surface area contributed by atoms with Gasteiger partial charge in [0.05, 0.1) is 23.5 Å². The minimum Gasteiger partial charge on any atom is -0.346 e. The van der Waals surface area contributed by atoms with E-state index in [1.54, 1.807) is 11.2 Å². The van der Waals surface area contributed by atoms with Crippen LogP contribution in [0.1, 0.15) is 29.7 Å². The van der Waals surface area contributed by atoms with Crippen LogP contribution < -0.4 is 0 Å². The molecule has 1 aliphatic heterocycles. The van der Waals surface area contributed by atoms with Crippen LogP contribution in [0.25, 0.3) is 22.3 Å². The SMILES string of the molecule is CCC(CN1CCN(C(=O)c2cc(F)ccc2F)CC1)n1cc(-c2ncnc3[nH]ccc23)cn1. The Balaban J connectivity index is 1.23. The molecule has 176 valence electrons. The number of nitrogens with one attached hydrogen (secondary N) is 1. The number of carbonyl (C=O) groups excluding carboxylic acids is 1. The number of aromatic nitrogens is 5. The van der Waals surface area contributed by atoms with E-state index < -0.39 is 17.5 Å². The van der Waals surface area contributed by atoms with Crippen molar-refractivity contribution in [2.75, 3.05) is 32.7 Å². The molecule has 10 heteroatoms. The first-order chi connectivity index (χ1) is 16.5. The summed E-state index contributed by atoms with van der Waals surface area (Å²) in [5.41, 5.74) is 2.34. The van der Waals surface area contributed by atoms with E-state index in [-0.39, 0.29) is 11.6 Å². The number of carbonyl (C=O) groups is 1. The van der Waals surface area contributed by atoms with Crippen LogP contribution in [0.2, 0.25) is 0 Å². The molecule has 4 heterocycles. The molecule has 1 amide bonds. The van der Waals surface area contributed by atoms with E-state index in [4.69, 9.17) is 0 Å². The molecule has 0 saturated carbocycles. The van der Waals surface area contributed by atoms with Crippen molar-refractivity contribution in [1.29, 1.82) is 0 Å². The van der Waals surface area contributed by atoms with Gasteiger partial charge in [0.25, 0.3) is 5.91 Å². The van der Waals surface area contributed by atoms with Crippen molar-refractivity contribution < 1.29 is 13.6 Å². The quantitative estimate of drug-likeness (QED) is 0.471. The molecule has 1 saturated heterocycles. The number of H-pyrrole nitrogens is 1. The number of rotatable bonds is 6. The zero-order valence-electron chi connectivity index (χ0n) is 18.8. The summed E-state index contributed by atoms with van der Waals surface area (Å²) < 4.78 is 29.5. The number of hydrogen-bond acceptors (Lipinski definition) is 5. The monoisotopic (exact) mass is 465 g/mol. The van der Waals surface area contributed by atoms with Gasteiger partial charge in [-0.25, -0.2) is 18.7 Å². The molecule has 0 aliphatic carbocycles. The summed E-state index contributed by atoms with van der Waals surface area (Å²) in [5.74, 6) is -1.79. The lowest BCUT2D eigenvalue weighted by molar-refractivity contribution is 0.0610. The molecule has 5 rings (SSSR count). The number of nitrogens with zero attached hydrogens (tertiary/aromatic N) is 6. The van der Waals surface area contributed by atoms with E-state index in [1.165, 1.54) is 0 Å². The predicted octanol–water partition coefficient (Wildman–Crippen LogP) is 3.51. The van der Waals surface area contributed by atoms with Crippen LogP contribution in [0.15, 0.2) is 49.2 Å². The van der Waals surface area contributed by atoms with Crippen LogP contribution in [-0.2, 0) is 0 Å². The van der Waals surface area contributed by atoms with Gasteiger partial charge < -0.3 is 9.88 Å². The van der Waals surface area contributed by atoms with Gasteiger partial charge >= 0.3 is 0 Å². The van der Waals surface area contributed by atoms with Gasteiger partial charge in [0.2, 0.25) is 0 Å². The summed E-state index contributed by atoms with van der Waals surface area (Å²) >= 11 is 0. The van der Waals surface area contributed by atoms with Gasteiger partial charge in [-0.05, 0) is 30.7 Å². The van der Waals surface area contributed by atoms with Crippen molar-refractivity contribution >= 4 is 16.9 Å². The van der Waals surface area contributed by atoms with Crippen molar-refractivity contribution in [3.05, 3.63) is 66.4 Å². The molecule has 1 N–H and O–H groups in total. The highest BCUT2D eigenvalue weighted by Gasteiger charge is 2.26. The molecule has 4 aromatic rings. The second kappa shape index (κ2) is 9.30. The van der Waals surface area contributed by atoms with Crippen LogP contribution in [0.3, 0.4) is 0 Å². The first kappa shape index (κ1) is 22.1. The van der Waals surface area contributed by atoms with Crippen molar-refractivity contribution in [3.63, 3.8) is 0 Å². The van der Waals surface area contributed by atoms with Crippen LogP contribution in [0, 0.1) is 11.6 Å². The van der Waals surface area contributed by atoms with E-state index in [0.717, 1.165) is 53.5 Å². The molecule has 0 radical (unpaired) electrons. The van der Waals surface area contributed by atoms with Gasteiger partial charge in [0.15, 0.2) is 0 Å². The number of fused-ring (bicyclic) bond motifs is 1. The molecule has 0 spiro atoms. The van der Waals surface area contributed by atoms with Gasteiger partial charge in [0, 0.05) is 56.1 Å². The number of piperazine rings is 1. The smallest absolute Gasteiger partial charge is 0.257 e. The van der Waals surface area contributed by atoms with E-state index in [2.05, 4.69) is 31.9 Å². The molecular formula is C24H25F2N7O. The third kappa shape index (κ3) is 4.28. The number of aromatic amines is 1. The fourth-order valence-corrected chi connectivity index (χ4v) is 4.43. The first-order valence-electron chi connectivity index (χ1n) is 11.3. The van der Waals surface area contributed by atoms with Gasteiger partial charge in [-0.15, -0.1) is 0 Å². The maximum atomic E-state index is 14.0. The van der Waals surface area contributed by atoms with Gasteiger partial charge in [-0.2, -0.15) is 5.10 Å². The Morgan fingerprint density at radius 2 is 1.97 bits per heavy atom. The Morgan fingerprint density at radius 3 is 2.76 bits per heavy atom. The minimum atomic E-state index is -0.699. The molecule has 1 aliphatic rings. The summed E-state index contributed by atoms with van der Waals surface area (Å²) in [6.45, 7) is 5.13. The Kier molecular flexibility index (Phi) is 6.06. The van der Waals surface area contributed by atoms with Crippen LogP contribution in [-0.4, -0.2) is 73.2 Å². The fraction of sp³-hybridized carbons (Fsp3) is 0.333. The molecule has 1 unspecified atom stereocenters. The summed E-state index contributed by atoms with van der Waals surface area (Å²) in [6.07, 6.45) is 8.10.